The van der Waals surface area contributed by atoms with Gasteiger partial charge in [0.05, 0.1) is 12.2 Å². The number of hydrogen-bond donors (Lipinski definition) is 2. The third-order valence-electron chi connectivity index (χ3n) is 3.35. The van der Waals surface area contributed by atoms with Crippen LogP contribution in [0.4, 0.5) is 4.39 Å². The molecule has 0 spiro atoms. The first-order valence-corrected chi connectivity index (χ1v) is 6.87. The van der Waals surface area contributed by atoms with Crippen LogP contribution in [0.15, 0.2) is 54.6 Å². The van der Waals surface area contributed by atoms with Gasteiger partial charge in [-0.1, -0.05) is 42.5 Å². The summed E-state index contributed by atoms with van der Waals surface area (Å²) in [5.41, 5.74) is 6.34. The Bertz CT molecular complexity index is 572. The molecule has 3 N–H and O–H groups in total. The molecule has 0 saturated heterocycles. The van der Waals surface area contributed by atoms with Crippen LogP contribution in [-0.2, 0) is 16.9 Å². The lowest BCUT2D eigenvalue weighted by atomic mass is 9.92. The summed E-state index contributed by atoms with van der Waals surface area (Å²) >= 11 is 0. The van der Waals surface area contributed by atoms with Gasteiger partial charge in [-0.15, -0.1) is 0 Å². The van der Waals surface area contributed by atoms with E-state index in [1.807, 2.05) is 30.3 Å². The van der Waals surface area contributed by atoms with Crippen LogP contribution in [0.25, 0.3) is 0 Å². The van der Waals surface area contributed by atoms with Gasteiger partial charge in [-0.2, -0.15) is 0 Å². The highest BCUT2D eigenvalue weighted by molar-refractivity contribution is 5.21. The van der Waals surface area contributed by atoms with E-state index in [-0.39, 0.29) is 18.8 Å². The molecular formula is C17H20FNO2. The fourth-order valence-corrected chi connectivity index (χ4v) is 2.20. The first kappa shape index (κ1) is 15.6. The second kappa shape index (κ2) is 6.80. The van der Waals surface area contributed by atoms with Gasteiger partial charge in [-0.25, -0.2) is 4.39 Å². The van der Waals surface area contributed by atoms with Gasteiger partial charge >= 0.3 is 0 Å². The third kappa shape index (κ3) is 4.63. The molecule has 0 radical (unpaired) electrons. The average Bonchev–Trinajstić information content (AvgIpc) is 2.46. The second-order valence-corrected chi connectivity index (χ2v) is 5.32. The van der Waals surface area contributed by atoms with E-state index in [2.05, 4.69) is 0 Å². The zero-order chi connectivity index (χ0) is 15.3. The average molecular weight is 289 g/mol. The van der Waals surface area contributed by atoms with Crippen molar-refractivity contribution < 1.29 is 14.2 Å². The van der Waals surface area contributed by atoms with Crippen LogP contribution >= 0.6 is 0 Å². The molecule has 0 aliphatic carbocycles. The minimum absolute atomic E-state index is 0.212. The molecule has 2 aromatic carbocycles. The lowest BCUT2D eigenvalue weighted by molar-refractivity contribution is -0.0366. The Labute approximate surface area is 124 Å². The molecule has 2 unspecified atom stereocenters. The van der Waals surface area contributed by atoms with Crippen molar-refractivity contribution in [3.8, 4) is 0 Å². The lowest BCUT2D eigenvalue weighted by Crippen LogP contribution is -2.34. The van der Waals surface area contributed by atoms with Crippen molar-refractivity contribution in [2.45, 2.75) is 31.8 Å². The highest BCUT2D eigenvalue weighted by Gasteiger charge is 2.26. The normalized spacial score (nSPS) is 15.4. The summed E-state index contributed by atoms with van der Waals surface area (Å²) in [6.45, 7) is 1.91. The van der Waals surface area contributed by atoms with Crippen LogP contribution in [0.3, 0.4) is 0 Å². The van der Waals surface area contributed by atoms with Crippen LogP contribution in [0.5, 0.6) is 0 Å². The molecule has 2 atom stereocenters. The van der Waals surface area contributed by atoms with Gasteiger partial charge < -0.3 is 15.6 Å². The maximum atomic E-state index is 13.1. The van der Waals surface area contributed by atoms with Gasteiger partial charge in [0.2, 0.25) is 0 Å². The predicted octanol–water partition coefficient (Wildman–Crippen LogP) is 2.92. The van der Waals surface area contributed by atoms with Gasteiger partial charge in [0.25, 0.3) is 0 Å². The monoisotopic (exact) mass is 289 g/mol. The highest BCUT2D eigenvalue weighted by atomic mass is 19.1. The van der Waals surface area contributed by atoms with E-state index >= 15 is 0 Å². The molecule has 3 nitrogen and oxygen atoms in total. The molecule has 0 aliphatic rings. The minimum Gasteiger partial charge on any atom is -0.385 e. The number of benzene rings is 2. The van der Waals surface area contributed by atoms with Gasteiger partial charge in [0, 0.05) is 6.42 Å². The van der Waals surface area contributed by atoms with Gasteiger partial charge in [0.15, 0.2) is 0 Å². The van der Waals surface area contributed by atoms with E-state index < -0.39 is 11.8 Å². The summed E-state index contributed by atoms with van der Waals surface area (Å²) < 4.78 is 18.5. The molecule has 0 fully saturated rings. The lowest BCUT2D eigenvalue weighted by Gasteiger charge is -2.27. The molecule has 2 aromatic rings. The molecular weight excluding hydrogens is 269 g/mol. The number of rotatable bonds is 6. The van der Waals surface area contributed by atoms with Crippen molar-refractivity contribution in [3.05, 3.63) is 71.5 Å². The summed E-state index contributed by atoms with van der Waals surface area (Å²) in [5, 5.41) is 10.5. The first-order chi connectivity index (χ1) is 9.97. The van der Waals surface area contributed by atoms with Crippen LogP contribution in [0, 0.1) is 5.82 Å². The highest BCUT2D eigenvalue weighted by Crippen LogP contribution is 2.25. The summed E-state index contributed by atoms with van der Waals surface area (Å²) in [5.74, 6) is -0.305. The Morgan fingerprint density at radius 2 is 1.90 bits per heavy atom. The molecule has 0 bridgehead atoms. The summed E-state index contributed by atoms with van der Waals surface area (Å²) in [4.78, 5) is 0. The van der Waals surface area contributed by atoms with Crippen molar-refractivity contribution in [1.29, 1.82) is 0 Å². The van der Waals surface area contributed by atoms with Crippen molar-refractivity contribution in [3.63, 3.8) is 0 Å². The van der Waals surface area contributed by atoms with E-state index in [4.69, 9.17) is 10.5 Å². The first-order valence-electron chi connectivity index (χ1n) is 6.87. The zero-order valence-corrected chi connectivity index (χ0v) is 12.0. The van der Waals surface area contributed by atoms with E-state index in [0.29, 0.717) is 5.56 Å². The van der Waals surface area contributed by atoms with Crippen molar-refractivity contribution in [2.24, 2.45) is 5.73 Å². The summed E-state index contributed by atoms with van der Waals surface area (Å²) in [7, 11) is 0. The Balaban J connectivity index is 1.91. The molecule has 0 heterocycles. The predicted molar refractivity (Wildman–Crippen MR) is 79.8 cm³/mol. The summed E-state index contributed by atoms with van der Waals surface area (Å²) in [6, 6.07) is 15.5. The SMILES string of the molecule is CC(O)(CC(N)OCc1cccc(F)c1)c1ccccc1. The Morgan fingerprint density at radius 3 is 2.57 bits per heavy atom. The third-order valence-corrected chi connectivity index (χ3v) is 3.35. The standard InChI is InChI=1S/C17H20FNO2/c1-17(20,14-7-3-2-4-8-14)11-16(19)21-12-13-6-5-9-15(18)10-13/h2-10,16,20H,11-12,19H2,1H3. The molecule has 112 valence electrons. The molecule has 0 aromatic heterocycles. The van der Waals surface area contributed by atoms with Crippen LogP contribution in [0.1, 0.15) is 24.5 Å². The molecule has 21 heavy (non-hydrogen) atoms. The van der Waals surface area contributed by atoms with Crippen LogP contribution in [0.2, 0.25) is 0 Å². The van der Waals surface area contributed by atoms with E-state index in [9.17, 15) is 9.50 Å². The fourth-order valence-electron chi connectivity index (χ4n) is 2.20. The molecule has 0 amide bonds. The second-order valence-electron chi connectivity index (χ2n) is 5.32. The number of nitrogens with two attached hydrogens (primary N) is 1. The molecule has 0 aliphatic heterocycles. The molecule has 0 saturated carbocycles. The van der Waals surface area contributed by atoms with Crippen molar-refractivity contribution in [1.82, 2.24) is 0 Å². The number of aliphatic hydroxyl groups is 1. The van der Waals surface area contributed by atoms with Crippen molar-refractivity contribution in [2.75, 3.05) is 0 Å². The van der Waals surface area contributed by atoms with Gasteiger partial charge in [0.1, 0.15) is 12.0 Å². The van der Waals surface area contributed by atoms with E-state index in [1.165, 1.54) is 12.1 Å². The largest absolute Gasteiger partial charge is 0.385 e. The Kier molecular flexibility index (Phi) is 5.07. The van der Waals surface area contributed by atoms with E-state index in [0.717, 1.165) is 5.56 Å². The van der Waals surface area contributed by atoms with Gasteiger partial charge in [-0.3, -0.25) is 0 Å². The van der Waals surface area contributed by atoms with Crippen LogP contribution < -0.4 is 5.73 Å². The Morgan fingerprint density at radius 1 is 1.19 bits per heavy atom. The van der Waals surface area contributed by atoms with Gasteiger partial charge in [-0.05, 0) is 30.2 Å². The quantitative estimate of drug-likeness (QED) is 0.804. The molecule has 4 heteroatoms. The summed E-state index contributed by atoms with van der Waals surface area (Å²) in [6.07, 6.45) is -0.379. The zero-order valence-electron chi connectivity index (χ0n) is 12.0. The van der Waals surface area contributed by atoms with Crippen molar-refractivity contribution >= 4 is 0 Å². The number of halogens is 1. The maximum Gasteiger partial charge on any atom is 0.123 e. The Hall–Kier alpha value is -1.75. The smallest absolute Gasteiger partial charge is 0.123 e. The number of hydrogen-bond acceptors (Lipinski definition) is 3. The van der Waals surface area contributed by atoms with Crippen LogP contribution in [-0.4, -0.2) is 11.3 Å². The number of ether oxygens (including phenoxy) is 1. The minimum atomic E-state index is -1.07. The fraction of sp³-hybridized carbons (Fsp3) is 0.294. The van der Waals surface area contributed by atoms with E-state index in [1.54, 1.807) is 19.1 Å². The maximum absolute atomic E-state index is 13.1. The molecule has 2 rings (SSSR count). The topological polar surface area (TPSA) is 55.5 Å².